The lowest BCUT2D eigenvalue weighted by atomic mass is 10.1. The van der Waals surface area contributed by atoms with Gasteiger partial charge in [0.05, 0.1) is 18.8 Å². The van der Waals surface area contributed by atoms with Gasteiger partial charge in [-0.1, -0.05) is 11.3 Å². The van der Waals surface area contributed by atoms with E-state index in [1.165, 1.54) is 18.3 Å². The van der Waals surface area contributed by atoms with Crippen LogP contribution < -0.4 is 4.90 Å². The van der Waals surface area contributed by atoms with Gasteiger partial charge in [0.2, 0.25) is 0 Å². The maximum atomic E-state index is 11.9. The van der Waals surface area contributed by atoms with Crippen LogP contribution in [0.25, 0.3) is 0 Å². The van der Waals surface area contributed by atoms with Crippen molar-refractivity contribution >= 4 is 28.2 Å². The van der Waals surface area contributed by atoms with Crippen LogP contribution in [0.3, 0.4) is 0 Å². The number of hydrogen-bond acceptors (Lipinski definition) is 7. The Morgan fingerprint density at radius 2 is 2.19 bits per heavy atom. The fraction of sp³-hybridized carbons (Fsp3) is 0.643. The number of hydrogen-bond donors (Lipinski definition) is 0. The molecular weight excluding hydrogens is 292 g/mol. The Labute approximate surface area is 128 Å². The maximum absolute atomic E-state index is 11.9. The van der Waals surface area contributed by atoms with Crippen molar-refractivity contribution in [1.82, 2.24) is 4.98 Å². The normalized spacial score (nSPS) is 17.6. The van der Waals surface area contributed by atoms with Crippen LogP contribution in [-0.4, -0.2) is 48.6 Å². The molecule has 21 heavy (non-hydrogen) atoms. The van der Waals surface area contributed by atoms with Crippen LogP contribution in [0.2, 0.25) is 0 Å². The predicted octanol–water partition coefficient (Wildman–Crippen LogP) is 2.14. The molecule has 116 valence electrons. The maximum Gasteiger partial charge on any atom is 0.358 e. The topological polar surface area (TPSA) is 68.7 Å². The van der Waals surface area contributed by atoms with Crippen molar-refractivity contribution < 1.29 is 19.1 Å². The number of Topliss-reactive ketones (excluding diaryl/α,β-unsaturated/α-hetero) is 1. The first kappa shape index (κ1) is 15.9. The Balaban J connectivity index is 2.31. The van der Waals surface area contributed by atoms with Crippen LogP contribution in [0.4, 0.5) is 5.13 Å². The average Bonchev–Trinajstić information content (AvgIpc) is 2.83. The minimum absolute atomic E-state index is 0.119. The molecule has 6 nitrogen and oxygen atoms in total. The minimum Gasteiger partial charge on any atom is -0.461 e. The van der Waals surface area contributed by atoms with Crippen LogP contribution in [0, 0.1) is 0 Å². The van der Waals surface area contributed by atoms with E-state index in [-0.39, 0.29) is 23.7 Å². The largest absolute Gasteiger partial charge is 0.461 e. The van der Waals surface area contributed by atoms with Crippen molar-refractivity contribution in [2.24, 2.45) is 0 Å². The Morgan fingerprint density at radius 3 is 2.76 bits per heavy atom. The zero-order chi connectivity index (χ0) is 15.6. The van der Waals surface area contributed by atoms with Gasteiger partial charge in [0.1, 0.15) is 4.88 Å². The number of ketones is 1. The summed E-state index contributed by atoms with van der Waals surface area (Å²) >= 11 is 1.24. The number of rotatable bonds is 4. The summed E-state index contributed by atoms with van der Waals surface area (Å²) in [6.45, 7) is 9.38. The highest BCUT2D eigenvalue weighted by atomic mass is 32.1. The SMILES string of the molecule is CCOC(=O)c1nc(N2CCOC(C)(C)C2)sc1C(C)=O. The second kappa shape index (κ2) is 6.11. The summed E-state index contributed by atoms with van der Waals surface area (Å²) in [4.78, 5) is 30.4. The van der Waals surface area contributed by atoms with Gasteiger partial charge < -0.3 is 14.4 Å². The smallest absolute Gasteiger partial charge is 0.358 e. The number of esters is 1. The number of aromatic nitrogens is 1. The standard InChI is InChI=1S/C14H20N2O4S/c1-5-19-12(18)10-11(9(2)17)21-13(15-10)16-6-7-20-14(3,4)8-16/h5-8H2,1-4H3. The van der Waals surface area contributed by atoms with Gasteiger partial charge in [-0.3, -0.25) is 4.79 Å². The van der Waals surface area contributed by atoms with E-state index in [1.807, 2.05) is 18.7 Å². The third kappa shape index (κ3) is 3.59. The van der Waals surface area contributed by atoms with E-state index in [4.69, 9.17) is 9.47 Å². The highest BCUT2D eigenvalue weighted by Crippen LogP contribution is 2.30. The molecule has 0 spiro atoms. The first-order chi connectivity index (χ1) is 9.84. The zero-order valence-corrected chi connectivity index (χ0v) is 13.6. The second-order valence-corrected chi connectivity index (χ2v) is 6.46. The third-order valence-electron chi connectivity index (χ3n) is 3.10. The molecule has 1 aromatic heterocycles. The number of thiazole rings is 1. The van der Waals surface area contributed by atoms with Crippen molar-refractivity contribution in [2.45, 2.75) is 33.3 Å². The predicted molar refractivity (Wildman–Crippen MR) is 80.3 cm³/mol. The van der Waals surface area contributed by atoms with E-state index in [1.54, 1.807) is 6.92 Å². The molecule has 1 aromatic rings. The van der Waals surface area contributed by atoms with E-state index in [0.29, 0.717) is 29.7 Å². The molecule has 2 heterocycles. The first-order valence-corrected chi connectivity index (χ1v) is 7.73. The van der Waals surface area contributed by atoms with Crippen molar-refractivity contribution in [1.29, 1.82) is 0 Å². The zero-order valence-electron chi connectivity index (χ0n) is 12.8. The van der Waals surface area contributed by atoms with Gasteiger partial charge in [0, 0.05) is 20.0 Å². The summed E-state index contributed by atoms with van der Waals surface area (Å²) in [5.41, 5.74) is -0.154. The van der Waals surface area contributed by atoms with Gasteiger partial charge in [0.25, 0.3) is 0 Å². The Bertz CT molecular complexity index is 553. The number of anilines is 1. The molecule has 0 saturated carbocycles. The van der Waals surface area contributed by atoms with E-state index in [9.17, 15) is 9.59 Å². The minimum atomic E-state index is -0.544. The van der Waals surface area contributed by atoms with Crippen molar-refractivity contribution in [3.8, 4) is 0 Å². The van der Waals surface area contributed by atoms with Crippen LogP contribution >= 0.6 is 11.3 Å². The van der Waals surface area contributed by atoms with Crippen molar-refractivity contribution in [2.75, 3.05) is 31.2 Å². The molecule has 0 N–H and O–H groups in total. The highest BCUT2D eigenvalue weighted by molar-refractivity contribution is 7.17. The molecule has 0 radical (unpaired) electrons. The fourth-order valence-corrected chi connectivity index (χ4v) is 3.17. The van der Waals surface area contributed by atoms with Gasteiger partial charge in [-0.15, -0.1) is 0 Å². The second-order valence-electron chi connectivity index (χ2n) is 5.48. The number of ether oxygens (including phenoxy) is 2. The lowest BCUT2D eigenvalue weighted by Crippen LogP contribution is -2.48. The molecule has 0 atom stereocenters. The third-order valence-corrected chi connectivity index (χ3v) is 4.32. The Morgan fingerprint density at radius 1 is 1.48 bits per heavy atom. The molecule has 1 saturated heterocycles. The molecule has 1 aliphatic rings. The quantitative estimate of drug-likeness (QED) is 0.627. The van der Waals surface area contributed by atoms with Crippen molar-refractivity contribution in [3.63, 3.8) is 0 Å². The Kier molecular flexibility index (Phi) is 4.63. The molecule has 1 aliphatic heterocycles. The molecule has 1 fully saturated rings. The summed E-state index contributed by atoms with van der Waals surface area (Å²) in [5.74, 6) is -0.716. The highest BCUT2D eigenvalue weighted by Gasteiger charge is 2.31. The number of morpholine rings is 1. The lowest BCUT2D eigenvalue weighted by Gasteiger charge is -2.37. The fourth-order valence-electron chi connectivity index (χ4n) is 2.20. The Hall–Kier alpha value is -1.47. The summed E-state index contributed by atoms with van der Waals surface area (Å²) in [6.07, 6.45) is 0. The molecule has 7 heteroatoms. The molecular formula is C14H20N2O4S. The first-order valence-electron chi connectivity index (χ1n) is 6.92. The van der Waals surface area contributed by atoms with Gasteiger partial charge >= 0.3 is 5.97 Å². The molecule has 0 aliphatic carbocycles. The molecule has 2 rings (SSSR count). The summed E-state index contributed by atoms with van der Waals surface area (Å²) in [7, 11) is 0. The molecule has 0 bridgehead atoms. The van der Waals surface area contributed by atoms with Crippen LogP contribution in [-0.2, 0) is 9.47 Å². The van der Waals surface area contributed by atoms with Crippen LogP contribution in [0.1, 0.15) is 47.9 Å². The van der Waals surface area contributed by atoms with Gasteiger partial charge in [-0.25, -0.2) is 9.78 Å². The van der Waals surface area contributed by atoms with Gasteiger partial charge in [0.15, 0.2) is 16.6 Å². The van der Waals surface area contributed by atoms with E-state index < -0.39 is 5.97 Å². The number of carbonyl (C=O) groups excluding carboxylic acids is 2. The van der Waals surface area contributed by atoms with E-state index in [2.05, 4.69) is 4.98 Å². The van der Waals surface area contributed by atoms with E-state index >= 15 is 0 Å². The summed E-state index contributed by atoms with van der Waals surface area (Å²) in [5, 5.41) is 0.666. The average molecular weight is 312 g/mol. The molecule has 0 unspecified atom stereocenters. The van der Waals surface area contributed by atoms with Crippen LogP contribution in [0.15, 0.2) is 0 Å². The van der Waals surface area contributed by atoms with E-state index in [0.717, 1.165) is 0 Å². The molecule has 0 aromatic carbocycles. The van der Waals surface area contributed by atoms with Crippen LogP contribution in [0.5, 0.6) is 0 Å². The summed E-state index contributed by atoms with van der Waals surface area (Å²) in [6, 6.07) is 0. The number of carbonyl (C=O) groups is 2. The monoisotopic (exact) mass is 312 g/mol. The lowest BCUT2D eigenvalue weighted by molar-refractivity contribution is -0.0277. The summed E-state index contributed by atoms with van der Waals surface area (Å²) < 4.78 is 10.6. The molecule has 0 amide bonds. The van der Waals surface area contributed by atoms with Gasteiger partial charge in [-0.05, 0) is 20.8 Å². The van der Waals surface area contributed by atoms with Gasteiger partial charge in [-0.2, -0.15) is 0 Å². The van der Waals surface area contributed by atoms with Crippen molar-refractivity contribution in [3.05, 3.63) is 10.6 Å². The number of nitrogens with zero attached hydrogens (tertiary/aromatic N) is 2.